The lowest BCUT2D eigenvalue weighted by Gasteiger charge is -2.36. The maximum Gasteiger partial charge on any atom is 0.309 e. The van der Waals surface area contributed by atoms with Crippen LogP contribution in [0.4, 0.5) is 0 Å². The van der Waals surface area contributed by atoms with Gasteiger partial charge in [0.2, 0.25) is 0 Å². The van der Waals surface area contributed by atoms with Crippen molar-refractivity contribution in [2.75, 3.05) is 0 Å². The second kappa shape index (κ2) is 12.6. The number of aromatic nitrogens is 1. The fraction of sp³-hybridized carbons (Fsp3) is 0.633. The fourth-order valence-electron chi connectivity index (χ4n) is 5.22. The average Bonchev–Trinajstić information content (AvgIpc) is 3.22. The zero-order chi connectivity index (χ0) is 27.3. The van der Waals surface area contributed by atoms with Gasteiger partial charge in [0.1, 0.15) is 11.9 Å². The predicted molar refractivity (Wildman–Crippen MR) is 148 cm³/mol. The van der Waals surface area contributed by atoms with E-state index in [-0.39, 0.29) is 18.1 Å². The van der Waals surface area contributed by atoms with E-state index in [9.17, 15) is 19.8 Å². The Morgan fingerprint density at radius 1 is 1.19 bits per heavy atom. The van der Waals surface area contributed by atoms with Crippen LogP contribution in [0.25, 0.3) is 10.2 Å². The van der Waals surface area contributed by atoms with Crippen molar-refractivity contribution < 1.29 is 24.5 Å². The smallest absolute Gasteiger partial charge is 0.309 e. The second-order valence-electron chi connectivity index (χ2n) is 11.3. The summed E-state index contributed by atoms with van der Waals surface area (Å²) in [7, 11) is 0. The van der Waals surface area contributed by atoms with Crippen molar-refractivity contribution >= 4 is 33.3 Å². The Hall–Kier alpha value is -2.09. The van der Waals surface area contributed by atoms with Gasteiger partial charge in [-0.3, -0.25) is 9.59 Å². The van der Waals surface area contributed by atoms with Crippen LogP contribution in [0, 0.1) is 24.2 Å². The monoisotopic (exact) mass is 529 g/mol. The number of allylic oxidation sites excluding steroid dienone is 1. The number of aliphatic hydroxyl groups excluding tert-OH is 2. The highest BCUT2D eigenvalue weighted by atomic mass is 32.1. The Morgan fingerprint density at radius 2 is 1.92 bits per heavy atom. The first-order valence-corrected chi connectivity index (χ1v) is 14.4. The second-order valence-corrected chi connectivity index (χ2v) is 12.5. The largest absolute Gasteiger partial charge is 0.457 e. The van der Waals surface area contributed by atoms with Crippen molar-refractivity contribution in [1.29, 1.82) is 0 Å². The maximum absolute atomic E-state index is 13.6. The number of benzene rings is 1. The summed E-state index contributed by atoms with van der Waals surface area (Å²) in [5.74, 6) is -1.36. The zero-order valence-corrected chi connectivity index (χ0v) is 23.9. The summed E-state index contributed by atoms with van der Waals surface area (Å²) in [5.41, 5.74) is 1.74. The van der Waals surface area contributed by atoms with Crippen molar-refractivity contribution in [3.8, 4) is 0 Å². The highest BCUT2D eigenvalue weighted by Gasteiger charge is 2.43. The van der Waals surface area contributed by atoms with Crippen LogP contribution >= 0.6 is 11.3 Å². The minimum atomic E-state index is -1.22. The lowest BCUT2D eigenvalue weighted by Crippen LogP contribution is -2.46. The highest BCUT2D eigenvalue weighted by molar-refractivity contribution is 7.18. The Morgan fingerprint density at radius 3 is 2.62 bits per heavy atom. The third kappa shape index (κ3) is 7.27. The van der Waals surface area contributed by atoms with Gasteiger partial charge in [-0.15, -0.1) is 11.3 Å². The number of ketones is 1. The van der Waals surface area contributed by atoms with Gasteiger partial charge in [-0.1, -0.05) is 51.8 Å². The Bertz CT molecular complexity index is 1120. The summed E-state index contributed by atoms with van der Waals surface area (Å²) < 4.78 is 7.01. The van der Waals surface area contributed by atoms with Crippen LogP contribution in [-0.2, 0) is 14.3 Å². The Balaban J connectivity index is 1.93. The number of aliphatic hydroxyl groups is 2. The summed E-state index contributed by atoms with van der Waals surface area (Å²) in [5, 5.41) is 23.1. The molecule has 2 aromatic rings. The number of aryl methyl sites for hydroxylation is 1. The molecule has 1 aliphatic heterocycles. The number of cyclic esters (lactones) is 1. The van der Waals surface area contributed by atoms with Crippen molar-refractivity contribution in [1.82, 2.24) is 4.98 Å². The Labute approximate surface area is 225 Å². The van der Waals surface area contributed by atoms with E-state index in [4.69, 9.17) is 4.74 Å². The first-order chi connectivity index (χ1) is 17.4. The van der Waals surface area contributed by atoms with E-state index in [0.29, 0.717) is 12.8 Å². The summed E-state index contributed by atoms with van der Waals surface area (Å²) in [4.78, 5) is 31.2. The number of carbonyl (C=O) groups excluding carboxylic acids is 2. The molecule has 204 valence electrons. The number of Topliss-reactive ketones (excluding diaryl/α,β-unsaturated/α-hetero) is 1. The van der Waals surface area contributed by atoms with E-state index in [0.717, 1.165) is 46.5 Å². The SMILES string of the molecule is CCC[C@H]1C(=O)C(C)(C)[C@@H](O)CC(=O)O[C@H](c2ccc3sc(C)nc3c2)C/C=C(/C)CCC[C@H](C)[C@@H]1O. The van der Waals surface area contributed by atoms with Gasteiger partial charge < -0.3 is 14.9 Å². The summed E-state index contributed by atoms with van der Waals surface area (Å²) in [6.45, 7) is 11.4. The fourth-order valence-corrected chi connectivity index (χ4v) is 6.03. The lowest BCUT2D eigenvalue weighted by atomic mass is 9.71. The summed E-state index contributed by atoms with van der Waals surface area (Å²) in [6.07, 6.45) is 3.70. The number of ether oxygens (including phenoxy) is 1. The topological polar surface area (TPSA) is 96.7 Å². The number of thiazole rings is 1. The number of nitrogens with zero attached hydrogens (tertiary/aromatic N) is 1. The van der Waals surface area contributed by atoms with E-state index >= 15 is 0 Å². The molecule has 0 fully saturated rings. The molecule has 0 radical (unpaired) electrons. The molecule has 1 aromatic heterocycles. The van der Waals surface area contributed by atoms with Crippen LogP contribution in [0.5, 0.6) is 0 Å². The van der Waals surface area contributed by atoms with Crippen molar-refractivity contribution in [2.45, 2.75) is 105 Å². The molecule has 0 saturated heterocycles. The number of hydrogen-bond donors (Lipinski definition) is 2. The molecule has 2 N–H and O–H groups in total. The van der Waals surface area contributed by atoms with Crippen molar-refractivity contribution in [2.24, 2.45) is 17.3 Å². The summed E-state index contributed by atoms with van der Waals surface area (Å²) in [6, 6.07) is 5.96. The van der Waals surface area contributed by atoms with Gasteiger partial charge in [-0.25, -0.2) is 4.98 Å². The summed E-state index contributed by atoms with van der Waals surface area (Å²) >= 11 is 1.63. The molecule has 3 rings (SSSR count). The van der Waals surface area contributed by atoms with Gasteiger partial charge in [-0.2, -0.15) is 0 Å². The van der Waals surface area contributed by atoms with Gasteiger partial charge in [0.15, 0.2) is 0 Å². The maximum atomic E-state index is 13.6. The van der Waals surface area contributed by atoms with Gasteiger partial charge in [0.05, 0.1) is 39.3 Å². The van der Waals surface area contributed by atoms with Crippen molar-refractivity contribution in [3.63, 3.8) is 0 Å². The molecule has 1 aromatic carbocycles. The first-order valence-electron chi connectivity index (χ1n) is 13.6. The molecule has 0 spiro atoms. The lowest BCUT2D eigenvalue weighted by molar-refractivity contribution is -0.156. The van der Waals surface area contributed by atoms with Gasteiger partial charge in [-0.05, 0) is 63.1 Å². The molecule has 0 aliphatic carbocycles. The van der Waals surface area contributed by atoms with E-state index in [2.05, 4.69) is 18.0 Å². The molecule has 37 heavy (non-hydrogen) atoms. The normalized spacial score (nSPS) is 30.1. The molecule has 0 unspecified atom stereocenters. The van der Waals surface area contributed by atoms with Crippen LogP contribution < -0.4 is 0 Å². The number of fused-ring (bicyclic) bond motifs is 1. The molecule has 5 atom stereocenters. The van der Waals surface area contributed by atoms with E-state index in [1.165, 1.54) is 5.57 Å². The molecule has 7 heteroatoms. The predicted octanol–water partition coefficient (Wildman–Crippen LogP) is 6.47. The van der Waals surface area contributed by atoms with Crippen molar-refractivity contribution in [3.05, 3.63) is 40.4 Å². The van der Waals surface area contributed by atoms with Crippen LogP contribution in [0.15, 0.2) is 29.8 Å². The quantitative estimate of drug-likeness (QED) is 0.349. The number of rotatable bonds is 3. The van der Waals surface area contributed by atoms with Crippen LogP contribution in [0.3, 0.4) is 0 Å². The average molecular weight is 530 g/mol. The molecule has 2 heterocycles. The minimum Gasteiger partial charge on any atom is -0.457 e. The molecular formula is C30H43NO5S. The zero-order valence-electron chi connectivity index (χ0n) is 23.1. The van der Waals surface area contributed by atoms with Crippen LogP contribution in [0.2, 0.25) is 0 Å². The molecular weight excluding hydrogens is 486 g/mol. The highest BCUT2D eigenvalue weighted by Crippen LogP contribution is 2.35. The van der Waals surface area contributed by atoms with Crippen LogP contribution in [0.1, 0.15) is 96.2 Å². The number of esters is 1. The molecule has 0 amide bonds. The molecule has 1 aliphatic rings. The first kappa shape index (κ1) is 29.5. The van der Waals surface area contributed by atoms with Crippen LogP contribution in [-0.4, -0.2) is 39.2 Å². The standard InChI is InChI=1S/C30H43NO5S/c1-7-9-22-28(34)19(3)11-8-10-18(2)12-14-24(21-13-15-25-23(16-21)31-20(4)37-25)36-27(33)17-26(32)30(5,6)29(22)35/h12-13,15-16,19,22,24,26,28,32,34H,7-11,14,17H2,1-6H3/b18-12-/t19-,22+,24-,26-,28-/m0/s1. The van der Waals surface area contributed by atoms with Gasteiger partial charge in [0.25, 0.3) is 0 Å². The third-order valence-electron chi connectivity index (χ3n) is 7.83. The van der Waals surface area contributed by atoms with E-state index in [1.54, 1.807) is 25.2 Å². The third-order valence-corrected chi connectivity index (χ3v) is 8.79. The molecule has 0 bridgehead atoms. The minimum absolute atomic E-state index is 0.0415. The Kier molecular flexibility index (Phi) is 10.1. The molecule has 0 saturated carbocycles. The number of hydrogen-bond acceptors (Lipinski definition) is 7. The number of carbonyl (C=O) groups is 2. The molecule has 6 nitrogen and oxygen atoms in total. The van der Waals surface area contributed by atoms with Gasteiger partial charge >= 0.3 is 5.97 Å². The van der Waals surface area contributed by atoms with E-state index < -0.39 is 35.6 Å². The van der Waals surface area contributed by atoms with E-state index in [1.807, 2.05) is 39.0 Å². The van der Waals surface area contributed by atoms with Gasteiger partial charge in [0, 0.05) is 12.3 Å².